The highest BCUT2D eigenvalue weighted by Gasteiger charge is 2.29. The highest BCUT2D eigenvalue weighted by atomic mass is 15.0. The van der Waals surface area contributed by atoms with Crippen LogP contribution in [0.4, 0.5) is 0 Å². The molecule has 4 rings (SSSR count). The minimum absolute atomic E-state index is 0.321. The van der Waals surface area contributed by atoms with Crippen LogP contribution in [0.15, 0.2) is 64.5 Å². The molecule has 4 heteroatoms. The number of fused-ring (bicyclic) bond motifs is 1. The number of piperidine rings is 1. The average molecular weight is 332 g/mol. The number of rotatable bonds is 3. The lowest BCUT2D eigenvalue weighted by Gasteiger charge is -2.34. The van der Waals surface area contributed by atoms with Gasteiger partial charge in [-0.05, 0) is 50.1 Å². The Morgan fingerprint density at radius 1 is 1.24 bits per heavy atom. The second kappa shape index (κ2) is 7.25. The van der Waals surface area contributed by atoms with Gasteiger partial charge in [-0.2, -0.15) is 5.26 Å². The van der Waals surface area contributed by atoms with Gasteiger partial charge in [-0.3, -0.25) is 4.99 Å². The molecule has 3 atom stereocenters. The Morgan fingerprint density at radius 2 is 2.12 bits per heavy atom. The van der Waals surface area contributed by atoms with Crippen molar-refractivity contribution in [2.24, 2.45) is 22.7 Å². The number of hydrogen-bond donors (Lipinski definition) is 2. The van der Waals surface area contributed by atoms with Crippen LogP contribution in [0.25, 0.3) is 0 Å². The van der Waals surface area contributed by atoms with Crippen molar-refractivity contribution in [3.8, 4) is 6.07 Å². The second-order valence-corrected chi connectivity index (χ2v) is 7.15. The Morgan fingerprint density at radius 3 is 2.88 bits per heavy atom. The molecule has 0 aromatic heterocycles. The number of nitrogens with zero attached hydrogens (tertiary/aromatic N) is 2. The van der Waals surface area contributed by atoms with Gasteiger partial charge in [-0.25, -0.2) is 0 Å². The Balaban J connectivity index is 1.56. The van der Waals surface area contributed by atoms with Crippen LogP contribution in [0.5, 0.6) is 0 Å². The zero-order valence-electron chi connectivity index (χ0n) is 14.4. The van der Waals surface area contributed by atoms with Gasteiger partial charge >= 0.3 is 0 Å². The SMILES string of the molecule is N#CC1=CCC(C2=CC3C=CN=CC3C(NC3CCNCC3)=C2)C=C1. The summed E-state index contributed by atoms with van der Waals surface area (Å²) in [4.78, 5) is 4.38. The number of nitriles is 1. The maximum atomic E-state index is 9.03. The van der Waals surface area contributed by atoms with Crippen LogP contribution in [0.1, 0.15) is 19.3 Å². The number of aliphatic imine (C=N–C) groups is 1. The van der Waals surface area contributed by atoms with Gasteiger partial charge in [0.1, 0.15) is 0 Å². The van der Waals surface area contributed by atoms with Crippen molar-refractivity contribution >= 4 is 6.21 Å². The number of hydrogen-bond acceptors (Lipinski definition) is 4. The van der Waals surface area contributed by atoms with Crippen molar-refractivity contribution < 1.29 is 0 Å². The van der Waals surface area contributed by atoms with Crippen molar-refractivity contribution in [2.75, 3.05) is 13.1 Å². The number of nitrogens with one attached hydrogen (secondary N) is 2. The van der Waals surface area contributed by atoms with Gasteiger partial charge < -0.3 is 10.6 Å². The summed E-state index contributed by atoms with van der Waals surface area (Å²) in [6, 6.07) is 2.77. The quantitative estimate of drug-likeness (QED) is 0.835. The molecule has 25 heavy (non-hydrogen) atoms. The van der Waals surface area contributed by atoms with Crippen LogP contribution >= 0.6 is 0 Å². The lowest BCUT2D eigenvalue weighted by Crippen LogP contribution is -2.42. The zero-order chi connectivity index (χ0) is 17.1. The summed E-state index contributed by atoms with van der Waals surface area (Å²) in [6.07, 6.45) is 20.3. The zero-order valence-corrected chi connectivity index (χ0v) is 14.4. The van der Waals surface area contributed by atoms with Crippen LogP contribution in [0.3, 0.4) is 0 Å². The van der Waals surface area contributed by atoms with Crippen LogP contribution in [-0.4, -0.2) is 25.3 Å². The summed E-state index contributed by atoms with van der Waals surface area (Å²) in [5.74, 6) is 1.05. The van der Waals surface area contributed by atoms with E-state index in [9.17, 15) is 0 Å². The molecular formula is C21H24N4. The molecule has 2 N–H and O–H groups in total. The Hall–Kier alpha value is -2.38. The summed E-state index contributed by atoms with van der Waals surface area (Å²) in [5, 5.41) is 16.3. The Kier molecular flexibility index (Phi) is 4.67. The number of allylic oxidation sites excluding steroid dienone is 9. The standard InChI is InChI=1S/C21H24N4/c22-13-15-1-3-16(4-2-15)18-11-17-5-8-24-14-20(17)21(12-18)25-19-6-9-23-10-7-19/h1-3,5,8,11-12,14,16-17,19-20,23,25H,4,6-7,9-10H2. The molecule has 4 nitrogen and oxygen atoms in total. The summed E-state index contributed by atoms with van der Waals surface area (Å²) in [7, 11) is 0. The molecule has 0 saturated carbocycles. The van der Waals surface area contributed by atoms with Crippen LogP contribution in [0.2, 0.25) is 0 Å². The molecule has 0 amide bonds. The highest BCUT2D eigenvalue weighted by molar-refractivity contribution is 5.70. The topological polar surface area (TPSA) is 60.2 Å². The first kappa shape index (κ1) is 16.1. The van der Waals surface area contributed by atoms with Crippen molar-refractivity contribution in [3.63, 3.8) is 0 Å². The molecule has 0 aromatic carbocycles. The van der Waals surface area contributed by atoms with E-state index in [1.54, 1.807) is 0 Å². The first-order valence-electron chi connectivity index (χ1n) is 9.22. The Bertz CT molecular complexity index is 738. The predicted molar refractivity (Wildman–Crippen MR) is 101 cm³/mol. The molecule has 128 valence electrons. The lowest BCUT2D eigenvalue weighted by atomic mass is 9.77. The molecule has 2 aliphatic carbocycles. The summed E-state index contributed by atoms with van der Waals surface area (Å²) >= 11 is 0. The summed E-state index contributed by atoms with van der Waals surface area (Å²) in [5.41, 5.74) is 3.42. The fourth-order valence-corrected chi connectivity index (χ4v) is 4.02. The van der Waals surface area contributed by atoms with Gasteiger partial charge in [-0.1, -0.05) is 24.3 Å². The van der Waals surface area contributed by atoms with Gasteiger partial charge in [0.25, 0.3) is 0 Å². The molecule has 0 radical (unpaired) electrons. The van der Waals surface area contributed by atoms with Crippen molar-refractivity contribution in [2.45, 2.75) is 25.3 Å². The van der Waals surface area contributed by atoms with Gasteiger partial charge in [0, 0.05) is 47.5 Å². The van der Waals surface area contributed by atoms with E-state index in [-0.39, 0.29) is 0 Å². The van der Waals surface area contributed by atoms with E-state index < -0.39 is 0 Å². The highest BCUT2D eigenvalue weighted by Crippen LogP contribution is 2.35. The van der Waals surface area contributed by atoms with Crippen LogP contribution in [-0.2, 0) is 0 Å². The molecule has 1 saturated heterocycles. The fourth-order valence-electron chi connectivity index (χ4n) is 4.02. The van der Waals surface area contributed by atoms with Gasteiger partial charge in [0.2, 0.25) is 0 Å². The van der Waals surface area contributed by atoms with E-state index in [1.165, 1.54) is 24.1 Å². The first-order valence-corrected chi connectivity index (χ1v) is 9.22. The van der Waals surface area contributed by atoms with E-state index in [4.69, 9.17) is 5.26 Å². The monoisotopic (exact) mass is 332 g/mol. The fraction of sp³-hybridized carbons (Fsp3) is 0.429. The molecule has 3 unspecified atom stereocenters. The van der Waals surface area contributed by atoms with Crippen molar-refractivity contribution in [1.29, 1.82) is 5.26 Å². The smallest absolute Gasteiger partial charge is 0.0988 e. The average Bonchev–Trinajstić information content (AvgIpc) is 2.69. The Labute approximate surface area is 149 Å². The van der Waals surface area contributed by atoms with E-state index in [0.717, 1.165) is 25.1 Å². The molecule has 4 aliphatic rings. The van der Waals surface area contributed by atoms with E-state index in [0.29, 0.717) is 23.8 Å². The van der Waals surface area contributed by atoms with Crippen molar-refractivity contribution in [1.82, 2.24) is 10.6 Å². The maximum Gasteiger partial charge on any atom is 0.0988 e. The largest absolute Gasteiger partial charge is 0.385 e. The third-order valence-corrected chi connectivity index (χ3v) is 5.49. The molecule has 1 fully saturated rings. The minimum Gasteiger partial charge on any atom is -0.385 e. The molecule has 2 heterocycles. The van der Waals surface area contributed by atoms with Crippen LogP contribution in [0, 0.1) is 29.1 Å². The van der Waals surface area contributed by atoms with Crippen molar-refractivity contribution in [3.05, 3.63) is 59.5 Å². The second-order valence-electron chi connectivity index (χ2n) is 7.15. The maximum absolute atomic E-state index is 9.03. The molecule has 0 bridgehead atoms. The predicted octanol–water partition coefficient (Wildman–Crippen LogP) is 3.01. The third kappa shape index (κ3) is 3.52. The van der Waals surface area contributed by atoms with Crippen LogP contribution < -0.4 is 10.6 Å². The molecule has 2 aliphatic heterocycles. The minimum atomic E-state index is 0.321. The van der Waals surface area contributed by atoms with Gasteiger partial charge in [-0.15, -0.1) is 0 Å². The summed E-state index contributed by atoms with van der Waals surface area (Å²) in [6.45, 7) is 2.17. The normalized spacial score (nSPS) is 31.5. The molecule has 0 spiro atoms. The lowest BCUT2D eigenvalue weighted by molar-refractivity contribution is 0.397. The first-order chi connectivity index (χ1) is 12.3. The van der Waals surface area contributed by atoms with E-state index >= 15 is 0 Å². The summed E-state index contributed by atoms with van der Waals surface area (Å²) < 4.78 is 0. The van der Waals surface area contributed by atoms with E-state index in [2.05, 4.69) is 52.2 Å². The molecule has 0 aromatic rings. The van der Waals surface area contributed by atoms with Gasteiger partial charge in [0.05, 0.1) is 6.07 Å². The third-order valence-electron chi connectivity index (χ3n) is 5.49. The van der Waals surface area contributed by atoms with E-state index in [1.807, 2.05) is 18.4 Å². The molecular weight excluding hydrogens is 308 g/mol. The van der Waals surface area contributed by atoms with Gasteiger partial charge in [0.15, 0.2) is 0 Å².